The minimum atomic E-state index is -0.223. The molecule has 2 aromatic carbocycles. The molecule has 2 aromatic rings. The van der Waals surface area contributed by atoms with E-state index in [0.29, 0.717) is 43.7 Å². The topological polar surface area (TPSA) is 105 Å². The van der Waals surface area contributed by atoms with E-state index in [1.807, 2.05) is 36.4 Å². The zero-order valence-corrected chi connectivity index (χ0v) is 22.7. The molecule has 1 aliphatic carbocycles. The number of halogens is 1. The number of Topliss-reactive ketones (excluding diaryl/α,β-unsaturated/α-hetero) is 1. The predicted octanol–water partition coefficient (Wildman–Crippen LogP) is 3.22. The van der Waals surface area contributed by atoms with Gasteiger partial charge in [0.25, 0.3) is 0 Å². The number of benzene rings is 2. The highest BCUT2D eigenvalue weighted by atomic mass is 35.5. The van der Waals surface area contributed by atoms with Crippen molar-refractivity contribution < 1.29 is 23.9 Å². The van der Waals surface area contributed by atoms with Crippen LogP contribution in [0.15, 0.2) is 36.4 Å². The van der Waals surface area contributed by atoms with Crippen molar-refractivity contribution in [3.05, 3.63) is 69.2 Å². The third kappa shape index (κ3) is 6.93. The number of hydrogen-bond donors (Lipinski definition) is 2. The zero-order valence-electron chi connectivity index (χ0n) is 22.0. The van der Waals surface area contributed by atoms with Gasteiger partial charge in [0.15, 0.2) is 5.78 Å². The predicted molar refractivity (Wildman–Crippen MR) is 146 cm³/mol. The Hall–Kier alpha value is -3.07. The maximum absolute atomic E-state index is 12.9. The fraction of sp³-hybridized carbons (Fsp3) is 0.467. The highest BCUT2D eigenvalue weighted by Gasteiger charge is 2.33. The lowest BCUT2D eigenvalue weighted by molar-refractivity contribution is -0.136. The van der Waals surface area contributed by atoms with E-state index >= 15 is 0 Å². The third-order valence-electron chi connectivity index (χ3n) is 7.95. The SMILES string of the molecule is O=C(Cc1ccc(Cl)c(CN2CCOCC2)c1)NCc1ccc2c(c1)CC(CCC1CCC(=O)NC1=O)C2=O. The van der Waals surface area contributed by atoms with Crippen molar-refractivity contribution in [2.45, 2.75) is 51.6 Å². The Kier molecular flexibility index (Phi) is 8.75. The van der Waals surface area contributed by atoms with E-state index in [4.69, 9.17) is 16.3 Å². The lowest BCUT2D eigenvalue weighted by atomic mass is 9.88. The number of imide groups is 1. The highest BCUT2D eigenvalue weighted by Crippen LogP contribution is 2.32. The normalized spacial score (nSPS) is 21.5. The Labute approximate surface area is 233 Å². The summed E-state index contributed by atoms with van der Waals surface area (Å²) >= 11 is 6.42. The van der Waals surface area contributed by atoms with Crippen LogP contribution in [0.25, 0.3) is 0 Å². The monoisotopic (exact) mass is 551 g/mol. The van der Waals surface area contributed by atoms with Crippen molar-refractivity contribution in [3.63, 3.8) is 0 Å². The van der Waals surface area contributed by atoms with Gasteiger partial charge in [-0.15, -0.1) is 0 Å². The van der Waals surface area contributed by atoms with Crippen molar-refractivity contribution in [1.29, 1.82) is 0 Å². The molecule has 2 saturated heterocycles. The summed E-state index contributed by atoms with van der Waals surface area (Å²) in [5.41, 5.74) is 4.60. The standard InChI is InChI=1S/C30H34ClN3O5/c31-26-7-2-19(13-24(26)18-34-9-11-39-12-10-34)15-28(36)32-17-20-1-6-25-23(14-20)16-22(29(25)37)4-3-21-5-8-27(35)33-30(21)38/h1-2,6-7,13-14,21-22H,3-5,8-12,15-18H2,(H,32,36)(H,33,35,38). The van der Waals surface area contributed by atoms with Crippen LogP contribution in [0.2, 0.25) is 5.02 Å². The second-order valence-electron chi connectivity index (χ2n) is 10.7. The van der Waals surface area contributed by atoms with Gasteiger partial charge in [0, 0.05) is 55.0 Å². The number of rotatable bonds is 9. The van der Waals surface area contributed by atoms with Crippen LogP contribution >= 0.6 is 11.6 Å². The molecule has 2 N–H and O–H groups in total. The molecule has 3 aliphatic rings. The van der Waals surface area contributed by atoms with Gasteiger partial charge in [-0.05, 0) is 54.0 Å². The summed E-state index contributed by atoms with van der Waals surface area (Å²) in [6.07, 6.45) is 3.04. The largest absolute Gasteiger partial charge is 0.379 e. The van der Waals surface area contributed by atoms with Crippen molar-refractivity contribution in [2.75, 3.05) is 26.3 Å². The minimum Gasteiger partial charge on any atom is -0.379 e. The first-order valence-electron chi connectivity index (χ1n) is 13.7. The number of carbonyl (C=O) groups is 4. The van der Waals surface area contributed by atoms with Crippen molar-refractivity contribution in [2.24, 2.45) is 11.8 Å². The van der Waals surface area contributed by atoms with Crippen LogP contribution in [0.1, 0.15) is 58.3 Å². The zero-order chi connectivity index (χ0) is 27.4. The first-order valence-corrected chi connectivity index (χ1v) is 14.1. The molecule has 2 unspecified atom stereocenters. The molecule has 8 nitrogen and oxygen atoms in total. The second kappa shape index (κ2) is 12.4. The van der Waals surface area contributed by atoms with Gasteiger partial charge in [-0.25, -0.2) is 0 Å². The molecule has 39 heavy (non-hydrogen) atoms. The second-order valence-corrected chi connectivity index (χ2v) is 11.2. The van der Waals surface area contributed by atoms with Gasteiger partial charge in [-0.1, -0.05) is 41.9 Å². The van der Waals surface area contributed by atoms with E-state index in [2.05, 4.69) is 15.5 Å². The average Bonchev–Trinajstić information content (AvgIpc) is 3.24. The van der Waals surface area contributed by atoms with Gasteiger partial charge < -0.3 is 10.1 Å². The third-order valence-corrected chi connectivity index (χ3v) is 8.32. The number of fused-ring (bicyclic) bond motifs is 1. The van der Waals surface area contributed by atoms with Crippen LogP contribution in [0.4, 0.5) is 0 Å². The van der Waals surface area contributed by atoms with Gasteiger partial charge >= 0.3 is 0 Å². The number of ether oxygens (including phenoxy) is 1. The van der Waals surface area contributed by atoms with Crippen molar-refractivity contribution in [3.8, 4) is 0 Å². The maximum atomic E-state index is 12.9. The minimum absolute atomic E-state index is 0.0756. The number of nitrogens with one attached hydrogen (secondary N) is 2. The number of nitrogens with zero attached hydrogens (tertiary/aromatic N) is 1. The van der Waals surface area contributed by atoms with E-state index in [-0.39, 0.29) is 41.8 Å². The number of amides is 3. The Morgan fingerprint density at radius 2 is 1.79 bits per heavy atom. The van der Waals surface area contributed by atoms with Gasteiger partial charge in [0.2, 0.25) is 17.7 Å². The van der Waals surface area contributed by atoms with E-state index in [0.717, 1.165) is 60.7 Å². The summed E-state index contributed by atoms with van der Waals surface area (Å²) in [4.78, 5) is 51.3. The molecule has 0 saturated carbocycles. The summed E-state index contributed by atoms with van der Waals surface area (Å²) in [7, 11) is 0. The van der Waals surface area contributed by atoms with Crippen LogP contribution in [0.3, 0.4) is 0 Å². The molecule has 2 fully saturated rings. The van der Waals surface area contributed by atoms with Crippen LogP contribution < -0.4 is 10.6 Å². The summed E-state index contributed by atoms with van der Waals surface area (Å²) in [5.74, 6) is -0.759. The lowest BCUT2D eigenvalue weighted by Gasteiger charge is -2.27. The van der Waals surface area contributed by atoms with E-state index in [1.54, 1.807) is 0 Å². The van der Waals surface area contributed by atoms with Gasteiger partial charge in [0.1, 0.15) is 0 Å². The smallest absolute Gasteiger partial charge is 0.229 e. The summed E-state index contributed by atoms with van der Waals surface area (Å²) < 4.78 is 5.42. The average molecular weight is 552 g/mol. The van der Waals surface area contributed by atoms with E-state index in [1.165, 1.54) is 0 Å². The van der Waals surface area contributed by atoms with Gasteiger partial charge in [-0.2, -0.15) is 0 Å². The van der Waals surface area contributed by atoms with Crippen molar-refractivity contribution in [1.82, 2.24) is 15.5 Å². The van der Waals surface area contributed by atoms with Crippen LogP contribution in [0.5, 0.6) is 0 Å². The van der Waals surface area contributed by atoms with Gasteiger partial charge in [0.05, 0.1) is 19.6 Å². The Morgan fingerprint density at radius 3 is 2.59 bits per heavy atom. The van der Waals surface area contributed by atoms with Crippen LogP contribution in [0, 0.1) is 11.8 Å². The Morgan fingerprint density at radius 1 is 1.03 bits per heavy atom. The van der Waals surface area contributed by atoms with Gasteiger partial charge in [-0.3, -0.25) is 29.4 Å². The number of hydrogen-bond acceptors (Lipinski definition) is 6. The first-order chi connectivity index (χ1) is 18.9. The molecule has 0 radical (unpaired) electrons. The summed E-state index contributed by atoms with van der Waals surface area (Å²) in [6.45, 7) is 4.30. The fourth-order valence-electron chi connectivity index (χ4n) is 5.70. The Balaban J connectivity index is 1.12. The Bertz CT molecular complexity index is 1270. The molecule has 0 bridgehead atoms. The quantitative estimate of drug-likeness (QED) is 0.464. The molecule has 0 spiro atoms. The molecular formula is C30H34ClN3O5. The molecule has 0 aromatic heterocycles. The van der Waals surface area contributed by atoms with Crippen molar-refractivity contribution >= 4 is 35.1 Å². The molecule has 2 atom stereocenters. The molecule has 3 amide bonds. The lowest BCUT2D eigenvalue weighted by Crippen LogP contribution is -2.40. The first kappa shape index (κ1) is 27.5. The molecule has 2 heterocycles. The van der Waals surface area contributed by atoms with E-state index in [9.17, 15) is 19.2 Å². The van der Waals surface area contributed by atoms with Crippen LogP contribution in [-0.4, -0.2) is 54.7 Å². The molecule has 9 heteroatoms. The molecule has 5 rings (SSSR count). The number of carbonyl (C=O) groups excluding carboxylic acids is 4. The highest BCUT2D eigenvalue weighted by molar-refractivity contribution is 6.31. The number of ketones is 1. The maximum Gasteiger partial charge on any atom is 0.229 e. The summed E-state index contributed by atoms with van der Waals surface area (Å²) in [6, 6.07) is 11.5. The van der Waals surface area contributed by atoms with Crippen LogP contribution in [-0.2, 0) is 45.1 Å². The molecule has 2 aliphatic heterocycles. The molecule has 206 valence electrons. The van der Waals surface area contributed by atoms with E-state index < -0.39 is 0 Å². The summed E-state index contributed by atoms with van der Waals surface area (Å²) in [5, 5.41) is 6.09. The fourth-order valence-corrected chi connectivity index (χ4v) is 5.88. The number of morpholine rings is 1. The molecular weight excluding hydrogens is 518 g/mol. The number of piperidine rings is 1.